The van der Waals surface area contributed by atoms with Gasteiger partial charge in [0, 0.05) is 39.0 Å². The van der Waals surface area contributed by atoms with Crippen molar-refractivity contribution in [3.05, 3.63) is 28.8 Å². The van der Waals surface area contributed by atoms with Crippen LogP contribution in [-0.2, 0) is 19.6 Å². The van der Waals surface area contributed by atoms with Gasteiger partial charge >= 0.3 is 0 Å². The largest absolute Gasteiger partial charge is 0.356 e. The lowest BCUT2D eigenvalue weighted by Crippen LogP contribution is -2.40. The van der Waals surface area contributed by atoms with Crippen LogP contribution in [0, 0.1) is 26.7 Å². The van der Waals surface area contributed by atoms with Gasteiger partial charge in [-0.2, -0.15) is 0 Å². The van der Waals surface area contributed by atoms with E-state index in [1.165, 1.54) is 0 Å². The second-order valence-electron chi connectivity index (χ2n) is 8.06. The first-order valence-electron chi connectivity index (χ1n) is 10.2. The quantitative estimate of drug-likeness (QED) is 0.669. The molecule has 0 aliphatic carbocycles. The van der Waals surface area contributed by atoms with Crippen LogP contribution in [0.2, 0.25) is 0 Å². The lowest BCUT2D eigenvalue weighted by molar-refractivity contribution is -0.132. The highest BCUT2D eigenvalue weighted by Crippen LogP contribution is 2.21. The molecule has 1 heterocycles. The predicted octanol–water partition coefficient (Wildman–Crippen LogP) is 2.05. The topological polar surface area (TPSA) is 95.6 Å². The van der Waals surface area contributed by atoms with E-state index in [0.29, 0.717) is 17.0 Å². The average molecular weight is 424 g/mol. The fourth-order valence-corrected chi connectivity index (χ4v) is 5.41. The van der Waals surface area contributed by atoms with Gasteiger partial charge in [0.05, 0.1) is 4.90 Å². The molecule has 2 rings (SSSR count). The van der Waals surface area contributed by atoms with Crippen LogP contribution < -0.4 is 10.0 Å². The fraction of sp³-hybridized carbons (Fsp3) is 0.619. The van der Waals surface area contributed by atoms with Crippen molar-refractivity contribution in [3.63, 3.8) is 0 Å². The maximum atomic E-state index is 12.6. The lowest BCUT2D eigenvalue weighted by atomic mass is 10.00. The van der Waals surface area contributed by atoms with Crippen LogP contribution in [0.1, 0.15) is 49.3 Å². The second-order valence-corrected chi connectivity index (χ2v) is 9.77. The van der Waals surface area contributed by atoms with E-state index in [1.54, 1.807) is 13.8 Å². The van der Waals surface area contributed by atoms with Crippen LogP contribution >= 0.6 is 0 Å². The smallest absolute Gasteiger partial charge is 0.241 e. The molecular weight excluding hydrogens is 390 g/mol. The highest BCUT2D eigenvalue weighted by molar-refractivity contribution is 7.89. The molecule has 1 aromatic rings. The van der Waals surface area contributed by atoms with Gasteiger partial charge in [-0.05, 0) is 50.7 Å². The number of hydrogen-bond donors (Lipinski definition) is 2. The summed E-state index contributed by atoms with van der Waals surface area (Å²) in [6.45, 7) is 9.45. The highest BCUT2D eigenvalue weighted by atomic mass is 32.2. The number of rotatable bonds is 8. The molecule has 0 radical (unpaired) electrons. The van der Waals surface area contributed by atoms with Crippen molar-refractivity contribution < 1.29 is 18.0 Å². The van der Waals surface area contributed by atoms with Crippen LogP contribution in [0.4, 0.5) is 0 Å². The summed E-state index contributed by atoms with van der Waals surface area (Å²) in [6.07, 6.45) is 2.47. The van der Waals surface area contributed by atoms with Gasteiger partial charge < -0.3 is 10.2 Å². The SMILES string of the molecule is Cc1cc(C)c(S(=O)(=O)NCCC(=O)NCCC(=O)N2CCCC(C)C2)c(C)c1. The molecule has 1 saturated heterocycles. The van der Waals surface area contributed by atoms with Gasteiger partial charge in [0.25, 0.3) is 0 Å². The average Bonchev–Trinajstić information content (AvgIpc) is 2.60. The van der Waals surface area contributed by atoms with Crippen LogP contribution in [0.25, 0.3) is 0 Å². The highest BCUT2D eigenvalue weighted by Gasteiger charge is 2.21. The third-order valence-electron chi connectivity index (χ3n) is 5.19. The van der Waals surface area contributed by atoms with Gasteiger partial charge in [0.2, 0.25) is 21.8 Å². The van der Waals surface area contributed by atoms with Crippen molar-refractivity contribution in [2.24, 2.45) is 5.92 Å². The maximum Gasteiger partial charge on any atom is 0.241 e. The zero-order chi connectivity index (χ0) is 21.6. The van der Waals surface area contributed by atoms with Crippen molar-refractivity contribution in [1.82, 2.24) is 14.9 Å². The molecular formula is C21H33N3O4S. The van der Waals surface area contributed by atoms with Gasteiger partial charge in [-0.3, -0.25) is 9.59 Å². The number of nitrogens with zero attached hydrogens (tertiary/aromatic N) is 1. The Hall–Kier alpha value is -1.93. The van der Waals surface area contributed by atoms with Crippen LogP contribution in [0.3, 0.4) is 0 Å². The fourth-order valence-electron chi connectivity index (χ4n) is 3.93. The summed E-state index contributed by atoms with van der Waals surface area (Å²) in [5.74, 6) is 0.309. The summed E-state index contributed by atoms with van der Waals surface area (Å²) in [5, 5.41) is 2.70. The van der Waals surface area contributed by atoms with E-state index in [9.17, 15) is 18.0 Å². The molecule has 162 valence electrons. The molecule has 7 nitrogen and oxygen atoms in total. The molecule has 2 amide bonds. The molecule has 1 aromatic carbocycles. The Labute approximate surface area is 174 Å². The molecule has 0 spiro atoms. The Balaban J connectivity index is 1.75. The van der Waals surface area contributed by atoms with E-state index in [4.69, 9.17) is 0 Å². The summed E-state index contributed by atoms with van der Waals surface area (Å²) >= 11 is 0. The summed E-state index contributed by atoms with van der Waals surface area (Å²) < 4.78 is 27.7. The van der Waals surface area contributed by atoms with Crippen LogP contribution in [-0.4, -0.2) is 51.3 Å². The number of benzene rings is 1. The summed E-state index contributed by atoms with van der Waals surface area (Å²) in [4.78, 5) is 26.3. The van der Waals surface area contributed by atoms with E-state index in [-0.39, 0.29) is 42.6 Å². The lowest BCUT2D eigenvalue weighted by Gasteiger charge is -2.31. The zero-order valence-corrected chi connectivity index (χ0v) is 18.7. The maximum absolute atomic E-state index is 12.6. The summed E-state index contributed by atoms with van der Waals surface area (Å²) in [5.41, 5.74) is 2.38. The third-order valence-corrected chi connectivity index (χ3v) is 6.95. The first-order valence-corrected chi connectivity index (χ1v) is 11.7. The van der Waals surface area contributed by atoms with E-state index >= 15 is 0 Å². The zero-order valence-electron chi connectivity index (χ0n) is 17.9. The second kappa shape index (κ2) is 10.2. The van der Waals surface area contributed by atoms with Crippen molar-refractivity contribution in [3.8, 4) is 0 Å². The Morgan fingerprint density at radius 1 is 1.10 bits per heavy atom. The monoisotopic (exact) mass is 423 g/mol. The number of nitrogens with one attached hydrogen (secondary N) is 2. The van der Waals surface area contributed by atoms with E-state index in [2.05, 4.69) is 17.0 Å². The van der Waals surface area contributed by atoms with Crippen molar-refractivity contribution >= 4 is 21.8 Å². The number of aryl methyl sites for hydroxylation is 3. The number of hydrogen-bond acceptors (Lipinski definition) is 4. The molecule has 0 bridgehead atoms. The van der Waals surface area contributed by atoms with Crippen molar-refractivity contribution in [1.29, 1.82) is 0 Å². The van der Waals surface area contributed by atoms with Crippen molar-refractivity contribution in [2.45, 2.75) is 58.3 Å². The predicted molar refractivity (Wildman–Crippen MR) is 113 cm³/mol. The number of piperidine rings is 1. The number of carbonyl (C=O) groups is 2. The molecule has 29 heavy (non-hydrogen) atoms. The van der Waals surface area contributed by atoms with Gasteiger partial charge in [-0.15, -0.1) is 0 Å². The Morgan fingerprint density at radius 3 is 2.38 bits per heavy atom. The minimum atomic E-state index is -3.68. The molecule has 1 unspecified atom stereocenters. The number of amides is 2. The first kappa shape index (κ1) is 23.3. The normalized spacial score (nSPS) is 17.2. The Morgan fingerprint density at radius 2 is 1.76 bits per heavy atom. The minimum Gasteiger partial charge on any atom is -0.356 e. The van der Waals surface area contributed by atoms with Gasteiger partial charge in [-0.25, -0.2) is 13.1 Å². The number of likely N-dealkylation sites (tertiary alicyclic amines) is 1. The first-order chi connectivity index (χ1) is 13.6. The summed E-state index contributed by atoms with van der Waals surface area (Å²) in [6, 6.07) is 3.66. The van der Waals surface area contributed by atoms with Gasteiger partial charge in [0.15, 0.2) is 0 Å². The van der Waals surface area contributed by atoms with Gasteiger partial charge in [-0.1, -0.05) is 24.6 Å². The molecule has 0 saturated carbocycles. The Kier molecular flexibility index (Phi) is 8.22. The van der Waals surface area contributed by atoms with Crippen molar-refractivity contribution in [2.75, 3.05) is 26.2 Å². The van der Waals surface area contributed by atoms with E-state index < -0.39 is 10.0 Å². The molecule has 1 fully saturated rings. The standard InChI is InChI=1S/C21H33N3O4S/c1-15-6-5-11-24(14-15)20(26)8-9-22-19(25)7-10-23-29(27,28)21-17(3)12-16(2)13-18(21)4/h12-13,15,23H,5-11,14H2,1-4H3,(H,22,25). The molecule has 1 aliphatic heterocycles. The molecule has 1 atom stereocenters. The van der Waals surface area contributed by atoms with Gasteiger partial charge in [0.1, 0.15) is 0 Å². The van der Waals surface area contributed by atoms with Crippen LogP contribution in [0.5, 0.6) is 0 Å². The molecule has 2 N–H and O–H groups in total. The molecule has 0 aromatic heterocycles. The molecule has 8 heteroatoms. The van der Waals surface area contributed by atoms with E-state index in [0.717, 1.165) is 31.5 Å². The number of sulfonamides is 1. The molecule has 1 aliphatic rings. The van der Waals surface area contributed by atoms with Crippen LogP contribution in [0.15, 0.2) is 17.0 Å². The number of carbonyl (C=O) groups excluding carboxylic acids is 2. The third kappa shape index (κ3) is 6.82. The van der Waals surface area contributed by atoms with E-state index in [1.807, 2.05) is 24.0 Å². The summed E-state index contributed by atoms with van der Waals surface area (Å²) in [7, 11) is -3.68. The minimum absolute atomic E-state index is 0.0124. The Bertz CT molecular complexity index is 828.